The molecule has 0 saturated carbocycles. The van der Waals surface area contributed by atoms with E-state index in [-0.39, 0.29) is 44.7 Å². The van der Waals surface area contributed by atoms with E-state index in [1.165, 1.54) is 13.8 Å². The van der Waals surface area contributed by atoms with E-state index in [0.29, 0.717) is 31.0 Å². The molecular formula is C27H39N4O12+. The third-order valence-electron chi connectivity index (χ3n) is 7.51. The highest BCUT2D eigenvalue weighted by atomic mass is 16.7. The fraction of sp³-hybridized carbons (Fsp3) is 0.741. The summed E-state index contributed by atoms with van der Waals surface area (Å²) in [7, 11) is 0. The molecule has 3 fully saturated rings. The summed E-state index contributed by atoms with van der Waals surface area (Å²) in [6.45, 7) is 3.40. The number of nitrogens with one attached hydrogen (secondary N) is 2. The molecule has 16 heteroatoms. The van der Waals surface area contributed by atoms with Gasteiger partial charge in [-0.1, -0.05) is 0 Å². The average molecular weight is 612 g/mol. The SMILES string of the molecule is CC(=O)OC1C(CNC(=O)C2CC(O)CN2)OC(OCCCCC(=O)ON2C(=O)CCC2=O)C([N+]2=CCC2)C1OC(C)=O. The Labute approximate surface area is 247 Å². The summed E-state index contributed by atoms with van der Waals surface area (Å²) in [5.41, 5.74) is 0. The zero-order valence-corrected chi connectivity index (χ0v) is 24.2. The van der Waals surface area contributed by atoms with Crippen molar-refractivity contribution in [1.82, 2.24) is 15.7 Å². The van der Waals surface area contributed by atoms with Crippen LogP contribution in [0.1, 0.15) is 58.8 Å². The Balaban J connectivity index is 1.40. The lowest BCUT2D eigenvalue weighted by Crippen LogP contribution is -2.67. The van der Waals surface area contributed by atoms with Gasteiger partial charge in [0.05, 0.1) is 25.2 Å². The standard InChI is InChI=1S/C27H38N4O12/c1-15(32)40-24-19(14-29-26(38)18-12-17(34)13-28-18)42-27(23(30-9-5-10-30)25(24)41-16(2)33)39-11-4-3-6-22(37)43-31-20(35)7-8-21(31)36/h9,17-19,23-25,27-28,34H,3-8,10-14H2,1-2H3/p+1. The molecule has 0 spiro atoms. The van der Waals surface area contributed by atoms with Gasteiger partial charge >= 0.3 is 17.9 Å². The summed E-state index contributed by atoms with van der Waals surface area (Å²) in [5.74, 6) is -3.42. The molecule has 0 aromatic rings. The van der Waals surface area contributed by atoms with Crippen LogP contribution in [-0.2, 0) is 52.6 Å². The van der Waals surface area contributed by atoms with E-state index in [9.17, 15) is 33.9 Å². The first kappa shape index (κ1) is 32.4. The van der Waals surface area contributed by atoms with E-state index in [0.717, 1.165) is 6.42 Å². The van der Waals surface area contributed by atoms with E-state index in [1.54, 1.807) is 0 Å². The smallest absolute Gasteiger partial charge is 0.333 e. The van der Waals surface area contributed by atoms with Crippen molar-refractivity contribution in [2.24, 2.45) is 0 Å². The number of imide groups is 1. The minimum Gasteiger partial charge on any atom is -0.455 e. The van der Waals surface area contributed by atoms with Gasteiger partial charge in [0, 0.05) is 46.2 Å². The minimum atomic E-state index is -1.06. The van der Waals surface area contributed by atoms with E-state index in [2.05, 4.69) is 10.6 Å². The topological polar surface area (TPSA) is 199 Å². The lowest BCUT2D eigenvalue weighted by atomic mass is 9.94. The monoisotopic (exact) mass is 611 g/mol. The highest BCUT2D eigenvalue weighted by molar-refractivity contribution is 6.01. The lowest BCUT2D eigenvalue weighted by molar-refractivity contribution is -0.622. The fourth-order valence-electron chi connectivity index (χ4n) is 5.37. The van der Waals surface area contributed by atoms with E-state index < -0.39 is 72.5 Å². The van der Waals surface area contributed by atoms with E-state index >= 15 is 0 Å². The molecule has 4 rings (SSSR count). The number of hydrogen-bond donors (Lipinski definition) is 3. The first-order valence-corrected chi connectivity index (χ1v) is 14.5. The van der Waals surface area contributed by atoms with Crippen molar-refractivity contribution in [1.29, 1.82) is 0 Å². The number of aliphatic hydroxyl groups is 1. The van der Waals surface area contributed by atoms with E-state index in [4.69, 9.17) is 23.8 Å². The van der Waals surface area contributed by atoms with Gasteiger partial charge in [0.2, 0.25) is 24.3 Å². The molecule has 3 saturated heterocycles. The van der Waals surface area contributed by atoms with Gasteiger partial charge in [-0.2, -0.15) is 0 Å². The molecule has 0 aromatic heterocycles. The lowest BCUT2D eigenvalue weighted by Gasteiger charge is -2.43. The van der Waals surface area contributed by atoms with Crippen LogP contribution in [0.3, 0.4) is 0 Å². The molecule has 3 N–H and O–H groups in total. The largest absolute Gasteiger partial charge is 0.455 e. The average Bonchev–Trinajstić information content (AvgIpc) is 3.49. The normalized spacial score (nSPS) is 30.3. The Morgan fingerprint density at radius 2 is 1.77 bits per heavy atom. The van der Waals surface area contributed by atoms with Gasteiger partial charge in [0.1, 0.15) is 12.3 Å². The third kappa shape index (κ3) is 8.55. The van der Waals surface area contributed by atoms with Crippen LogP contribution in [0.25, 0.3) is 0 Å². The van der Waals surface area contributed by atoms with Crippen molar-refractivity contribution in [2.45, 2.75) is 102 Å². The summed E-state index contributed by atoms with van der Waals surface area (Å²) >= 11 is 0. The third-order valence-corrected chi connectivity index (χ3v) is 7.51. The number of carbonyl (C=O) groups excluding carboxylic acids is 6. The van der Waals surface area contributed by atoms with Crippen LogP contribution in [0.4, 0.5) is 0 Å². The number of β-amino-alcohol motifs (C(OH)–C–C–N with tert-alkyl or cyclic N) is 1. The van der Waals surface area contributed by atoms with Crippen LogP contribution in [0, 0.1) is 0 Å². The number of hydroxylamine groups is 2. The van der Waals surface area contributed by atoms with Gasteiger partial charge in [-0.15, -0.1) is 5.06 Å². The number of amides is 3. The van der Waals surface area contributed by atoms with Gasteiger partial charge < -0.3 is 39.5 Å². The quantitative estimate of drug-likeness (QED) is 0.0901. The van der Waals surface area contributed by atoms with Crippen molar-refractivity contribution in [2.75, 3.05) is 26.2 Å². The molecule has 3 amide bonds. The Morgan fingerprint density at radius 1 is 1.09 bits per heavy atom. The molecule has 4 aliphatic rings. The maximum Gasteiger partial charge on any atom is 0.333 e. The molecule has 4 heterocycles. The highest BCUT2D eigenvalue weighted by Gasteiger charge is 2.56. The van der Waals surface area contributed by atoms with Gasteiger partial charge in [0.15, 0.2) is 12.6 Å². The Morgan fingerprint density at radius 3 is 2.35 bits per heavy atom. The number of rotatable bonds is 13. The molecule has 7 unspecified atom stereocenters. The van der Waals surface area contributed by atoms with Crippen LogP contribution >= 0.6 is 0 Å². The maximum atomic E-state index is 12.7. The molecule has 0 radical (unpaired) electrons. The van der Waals surface area contributed by atoms with Gasteiger partial charge in [-0.05, 0) is 19.3 Å². The Hall–Kier alpha value is -3.47. The van der Waals surface area contributed by atoms with Crippen LogP contribution in [0.15, 0.2) is 0 Å². The molecule has 0 aliphatic carbocycles. The summed E-state index contributed by atoms with van der Waals surface area (Å²) in [6.07, 6.45) is -1.02. The molecular weight excluding hydrogens is 572 g/mol. The van der Waals surface area contributed by atoms with Gasteiger partial charge in [-0.25, -0.2) is 9.37 Å². The second-order valence-electron chi connectivity index (χ2n) is 10.9. The first-order chi connectivity index (χ1) is 20.5. The summed E-state index contributed by atoms with van der Waals surface area (Å²) < 4.78 is 25.5. The second kappa shape index (κ2) is 14.8. The van der Waals surface area contributed by atoms with Crippen LogP contribution < -0.4 is 10.6 Å². The number of aliphatic hydroxyl groups excluding tert-OH is 1. The van der Waals surface area contributed by atoms with Crippen molar-refractivity contribution >= 4 is 41.8 Å². The minimum absolute atomic E-state index is 0.00880. The highest BCUT2D eigenvalue weighted by Crippen LogP contribution is 2.30. The second-order valence-corrected chi connectivity index (χ2v) is 10.9. The molecule has 16 nitrogen and oxygen atoms in total. The fourth-order valence-corrected chi connectivity index (χ4v) is 5.37. The molecule has 238 valence electrons. The number of hydrogen-bond acceptors (Lipinski definition) is 13. The number of unbranched alkanes of at least 4 members (excludes halogenated alkanes) is 1. The predicted molar refractivity (Wildman–Crippen MR) is 142 cm³/mol. The zero-order valence-electron chi connectivity index (χ0n) is 24.2. The van der Waals surface area contributed by atoms with E-state index in [1.807, 2.05) is 10.8 Å². The predicted octanol–water partition coefficient (Wildman–Crippen LogP) is -1.94. The maximum absolute atomic E-state index is 12.7. The summed E-state index contributed by atoms with van der Waals surface area (Å²) in [5, 5.41) is 15.9. The summed E-state index contributed by atoms with van der Waals surface area (Å²) in [6, 6.07) is -1.27. The Kier molecular flexibility index (Phi) is 11.2. The molecule has 0 aromatic carbocycles. The van der Waals surface area contributed by atoms with Gasteiger partial charge in [-0.3, -0.25) is 24.0 Å². The number of ether oxygens (including phenoxy) is 4. The summed E-state index contributed by atoms with van der Waals surface area (Å²) in [4.78, 5) is 77.2. The zero-order chi connectivity index (χ0) is 31.1. The van der Waals surface area contributed by atoms with Crippen LogP contribution in [0.5, 0.6) is 0 Å². The van der Waals surface area contributed by atoms with Crippen LogP contribution in [-0.4, -0.2) is 126 Å². The first-order valence-electron chi connectivity index (χ1n) is 14.5. The molecule has 43 heavy (non-hydrogen) atoms. The molecule has 0 bridgehead atoms. The van der Waals surface area contributed by atoms with Gasteiger partial charge in [0.25, 0.3) is 11.8 Å². The van der Waals surface area contributed by atoms with Crippen LogP contribution in [0.2, 0.25) is 0 Å². The Bertz CT molecular complexity index is 1110. The number of esters is 2. The number of nitrogens with zero attached hydrogens (tertiary/aromatic N) is 2. The van der Waals surface area contributed by atoms with Crippen molar-refractivity contribution in [3.05, 3.63) is 0 Å². The molecule has 4 aliphatic heterocycles. The van der Waals surface area contributed by atoms with Crippen molar-refractivity contribution < 1.29 is 62.2 Å². The van der Waals surface area contributed by atoms with Crippen molar-refractivity contribution in [3.63, 3.8) is 0 Å². The molecule has 7 atom stereocenters. The number of carbonyl (C=O) groups is 6. The van der Waals surface area contributed by atoms with Crippen molar-refractivity contribution in [3.8, 4) is 0 Å².